The number of nitrogens with one attached hydrogen (secondary N) is 2. The molecule has 4 rings (SSSR count). The minimum absolute atomic E-state index is 0.0632. The monoisotopic (exact) mass is 412 g/mol. The predicted molar refractivity (Wildman–Crippen MR) is 113 cm³/mol. The van der Waals surface area contributed by atoms with Crippen molar-refractivity contribution in [3.05, 3.63) is 42.2 Å². The maximum Gasteiger partial charge on any atom is 0.275 e. The van der Waals surface area contributed by atoms with Gasteiger partial charge in [-0.05, 0) is 29.7 Å². The fraction of sp³-hybridized carbons (Fsp3) is 0.500. The van der Waals surface area contributed by atoms with Crippen LogP contribution in [0, 0.1) is 5.92 Å². The molecule has 2 aromatic rings. The van der Waals surface area contributed by atoms with E-state index in [1.165, 1.54) is 4.90 Å². The number of carbonyl (C=O) groups excluding carboxylic acids is 1. The highest BCUT2D eigenvalue weighted by molar-refractivity contribution is 5.77. The molecule has 2 aliphatic heterocycles. The van der Waals surface area contributed by atoms with Gasteiger partial charge in [0.2, 0.25) is 5.95 Å². The molecule has 2 aliphatic rings. The number of amides is 1. The largest absolute Gasteiger partial charge is 0.486 e. The highest BCUT2D eigenvalue weighted by atomic mass is 16.6. The summed E-state index contributed by atoms with van der Waals surface area (Å²) >= 11 is 0. The van der Waals surface area contributed by atoms with E-state index < -0.39 is 0 Å². The van der Waals surface area contributed by atoms with Gasteiger partial charge in [0, 0.05) is 12.4 Å². The molecule has 8 heteroatoms. The molecule has 0 saturated carbocycles. The van der Waals surface area contributed by atoms with E-state index in [2.05, 4.69) is 34.0 Å². The van der Waals surface area contributed by atoms with Crippen molar-refractivity contribution in [2.75, 3.05) is 50.8 Å². The minimum atomic E-state index is -0.0632. The molecule has 160 valence electrons. The lowest BCUT2D eigenvalue weighted by Crippen LogP contribution is -3.16. The van der Waals surface area contributed by atoms with E-state index in [9.17, 15) is 4.79 Å². The lowest BCUT2D eigenvalue weighted by atomic mass is 9.95. The first kappa shape index (κ1) is 20.4. The number of hydrogen-bond acceptors (Lipinski definition) is 6. The molecule has 1 amide bonds. The fourth-order valence-electron chi connectivity index (χ4n) is 3.99. The summed E-state index contributed by atoms with van der Waals surface area (Å²) in [5.41, 5.74) is 1.05. The SMILES string of the molecule is CC(C)[C@H](NC(=O)C[NH+]1CCN(c2ncccn2)CC1)c1ccc2c(c1)OCCO2. The molecule has 1 saturated heterocycles. The van der Waals surface area contributed by atoms with Crippen LogP contribution in [0.15, 0.2) is 36.7 Å². The third kappa shape index (κ3) is 4.81. The van der Waals surface area contributed by atoms with Crippen LogP contribution in [0.2, 0.25) is 0 Å². The summed E-state index contributed by atoms with van der Waals surface area (Å²) in [4.78, 5) is 24.9. The Morgan fingerprint density at radius 2 is 1.83 bits per heavy atom. The molecule has 8 nitrogen and oxygen atoms in total. The van der Waals surface area contributed by atoms with Gasteiger partial charge in [-0.15, -0.1) is 0 Å². The van der Waals surface area contributed by atoms with E-state index in [1.54, 1.807) is 12.4 Å². The lowest BCUT2D eigenvalue weighted by molar-refractivity contribution is -0.892. The third-order valence-electron chi connectivity index (χ3n) is 5.62. The Morgan fingerprint density at radius 3 is 2.53 bits per heavy atom. The zero-order valence-electron chi connectivity index (χ0n) is 17.6. The Labute approximate surface area is 177 Å². The number of ether oxygens (including phenoxy) is 2. The number of hydrogen-bond donors (Lipinski definition) is 2. The van der Waals surface area contributed by atoms with Crippen LogP contribution in [0.1, 0.15) is 25.5 Å². The molecular formula is C22H30N5O3+. The number of carbonyl (C=O) groups is 1. The molecule has 1 atom stereocenters. The smallest absolute Gasteiger partial charge is 0.275 e. The zero-order chi connectivity index (χ0) is 20.9. The lowest BCUT2D eigenvalue weighted by Gasteiger charge is -2.32. The van der Waals surface area contributed by atoms with Crippen molar-refractivity contribution in [3.63, 3.8) is 0 Å². The first-order valence-corrected chi connectivity index (χ1v) is 10.6. The Balaban J connectivity index is 1.33. The van der Waals surface area contributed by atoms with E-state index in [0.717, 1.165) is 49.2 Å². The summed E-state index contributed by atoms with van der Waals surface area (Å²) in [6, 6.07) is 7.70. The molecular weight excluding hydrogens is 382 g/mol. The first-order valence-electron chi connectivity index (χ1n) is 10.6. The number of quaternary nitrogens is 1. The number of fused-ring (bicyclic) bond motifs is 1. The molecule has 0 bridgehead atoms. The second-order valence-electron chi connectivity index (χ2n) is 8.15. The van der Waals surface area contributed by atoms with E-state index in [-0.39, 0.29) is 17.9 Å². The maximum absolute atomic E-state index is 12.8. The van der Waals surface area contributed by atoms with Gasteiger partial charge in [0.25, 0.3) is 5.91 Å². The molecule has 0 aliphatic carbocycles. The summed E-state index contributed by atoms with van der Waals surface area (Å²) in [6.07, 6.45) is 3.53. The van der Waals surface area contributed by atoms with Crippen molar-refractivity contribution >= 4 is 11.9 Å². The second-order valence-corrected chi connectivity index (χ2v) is 8.15. The van der Waals surface area contributed by atoms with Crippen LogP contribution < -0.4 is 24.6 Å². The number of nitrogens with zero attached hydrogens (tertiary/aromatic N) is 3. The standard InChI is InChI=1S/C22H29N5O3/c1-16(2)21(17-4-5-18-19(14-17)30-13-12-29-18)25-20(28)15-26-8-10-27(11-9-26)22-23-6-3-7-24-22/h3-7,14,16,21H,8-13,15H2,1-2H3,(H,25,28)/p+1/t21-/m0/s1. The molecule has 0 spiro atoms. The van der Waals surface area contributed by atoms with Crippen molar-refractivity contribution in [2.24, 2.45) is 5.92 Å². The van der Waals surface area contributed by atoms with E-state index in [4.69, 9.17) is 9.47 Å². The predicted octanol–water partition coefficient (Wildman–Crippen LogP) is 0.466. The zero-order valence-corrected chi connectivity index (χ0v) is 17.6. The number of anilines is 1. The Morgan fingerprint density at radius 1 is 1.13 bits per heavy atom. The van der Waals surface area contributed by atoms with Crippen molar-refractivity contribution < 1.29 is 19.2 Å². The minimum Gasteiger partial charge on any atom is -0.486 e. The molecule has 3 heterocycles. The van der Waals surface area contributed by atoms with Crippen molar-refractivity contribution in [1.82, 2.24) is 15.3 Å². The van der Waals surface area contributed by atoms with E-state index in [0.29, 0.717) is 19.8 Å². The topological polar surface area (TPSA) is 81.0 Å². The molecule has 1 aromatic heterocycles. The summed E-state index contributed by atoms with van der Waals surface area (Å²) < 4.78 is 11.3. The van der Waals surface area contributed by atoms with Gasteiger partial charge in [-0.25, -0.2) is 9.97 Å². The van der Waals surface area contributed by atoms with Crippen LogP contribution in [0.5, 0.6) is 11.5 Å². The number of piperazine rings is 1. The van der Waals surface area contributed by atoms with Crippen molar-refractivity contribution in [1.29, 1.82) is 0 Å². The molecule has 30 heavy (non-hydrogen) atoms. The summed E-state index contributed by atoms with van der Waals surface area (Å²) in [5, 5.41) is 3.24. The molecule has 2 N–H and O–H groups in total. The second kappa shape index (κ2) is 9.30. The normalized spacial score (nSPS) is 17.6. The van der Waals surface area contributed by atoms with Crippen LogP contribution in [0.3, 0.4) is 0 Å². The summed E-state index contributed by atoms with van der Waals surface area (Å²) in [7, 11) is 0. The highest BCUT2D eigenvalue weighted by Gasteiger charge is 2.26. The van der Waals surface area contributed by atoms with Gasteiger partial charge in [-0.2, -0.15) is 0 Å². The van der Waals surface area contributed by atoms with Gasteiger partial charge in [0.05, 0.1) is 32.2 Å². The Hall–Kier alpha value is -2.87. The van der Waals surface area contributed by atoms with Crippen LogP contribution >= 0.6 is 0 Å². The summed E-state index contributed by atoms with van der Waals surface area (Å²) in [6.45, 7) is 9.31. The van der Waals surface area contributed by atoms with Gasteiger partial charge < -0.3 is 24.6 Å². The van der Waals surface area contributed by atoms with Crippen LogP contribution in [0.25, 0.3) is 0 Å². The van der Waals surface area contributed by atoms with Crippen LogP contribution in [0.4, 0.5) is 5.95 Å². The number of rotatable bonds is 6. The van der Waals surface area contributed by atoms with Crippen LogP contribution in [-0.2, 0) is 4.79 Å². The van der Waals surface area contributed by atoms with Crippen LogP contribution in [-0.4, -0.2) is 61.8 Å². The molecule has 1 fully saturated rings. The highest BCUT2D eigenvalue weighted by Crippen LogP contribution is 2.34. The van der Waals surface area contributed by atoms with Gasteiger partial charge in [0.15, 0.2) is 18.0 Å². The molecule has 0 unspecified atom stereocenters. The van der Waals surface area contributed by atoms with E-state index in [1.807, 2.05) is 24.3 Å². The molecule has 0 radical (unpaired) electrons. The summed E-state index contributed by atoms with van der Waals surface area (Å²) in [5.74, 6) is 2.62. The average molecular weight is 413 g/mol. The third-order valence-corrected chi connectivity index (χ3v) is 5.62. The fourth-order valence-corrected chi connectivity index (χ4v) is 3.99. The van der Waals surface area contributed by atoms with Gasteiger partial charge >= 0.3 is 0 Å². The number of benzene rings is 1. The van der Waals surface area contributed by atoms with Crippen molar-refractivity contribution in [3.8, 4) is 11.5 Å². The molecule has 1 aromatic carbocycles. The van der Waals surface area contributed by atoms with E-state index >= 15 is 0 Å². The van der Waals surface area contributed by atoms with Gasteiger partial charge in [-0.3, -0.25) is 4.79 Å². The average Bonchev–Trinajstić information content (AvgIpc) is 2.78. The first-order chi connectivity index (χ1) is 14.6. The number of aromatic nitrogens is 2. The maximum atomic E-state index is 12.8. The Kier molecular flexibility index (Phi) is 6.32. The van der Waals surface area contributed by atoms with Gasteiger partial charge in [0.1, 0.15) is 13.2 Å². The van der Waals surface area contributed by atoms with Crippen molar-refractivity contribution in [2.45, 2.75) is 19.9 Å². The Bertz CT molecular complexity index is 853. The van der Waals surface area contributed by atoms with Gasteiger partial charge in [-0.1, -0.05) is 19.9 Å². The quantitative estimate of drug-likeness (QED) is 0.718.